The van der Waals surface area contributed by atoms with Gasteiger partial charge in [-0.25, -0.2) is 9.97 Å². The zero-order valence-corrected chi connectivity index (χ0v) is 16.8. The maximum Gasteiger partial charge on any atom is 0.281 e. The molecular formula is C25H18N4O2. The summed E-state index contributed by atoms with van der Waals surface area (Å²) in [6.07, 6.45) is 3.60. The first kappa shape index (κ1) is 18.7. The van der Waals surface area contributed by atoms with Gasteiger partial charge >= 0.3 is 0 Å². The van der Waals surface area contributed by atoms with Gasteiger partial charge in [-0.15, -0.1) is 0 Å². The maximum atomic E-state index is 13.5. The molecule has 3 aromatic carbocycles. The Hall–Kier alpha value is -4.32. The van der Waals surface area contributed by atoms with E-state index in [1.807, 2.05) is 48.5 Å². The van der Waals surface area contributed by atoms with Crippen LogP contribution >= 0.6 is 0 Å². The van der Waals surface area contributed by atoms with Crippen molar-refractivity contribution in [2.45, 2.75) is 6.92 Å². The predicted molar refractivity (Wildman–Crippen MR) is 123 cm³/mol. The van der Waals surface area contributed by atoms with Crippen LogP contribution in [0.25, 0.3) is 34.0 Å². The fourth-order valence-electron chi connectivity index (χ4n) is 3.65. The second-order valence-electron chi connectivity index (χ2n) is 7.14. The molecule has 5 aromatic rings. The molecule has 0 spiro atoms. The summed E-state index contributed by atoms with van der Waals surface area (Å²) in [6, 6.07) is 23.9. The van der Waals surface area contributed by atoms with Crippen LogP contribution in [0.4, 0.5) is 0 Å². The lowest BCUT2D eigenvalue weighted by Crippen LogP contribution is -2.38. The van der Waals surface area contributed by atoms with Gasteiger partial charge in [0.25, 0.3) is 11.1 Å². The smallest absolute Gasteiger partial charge is 0.267 e. The molecule has 0 aliphatic rings. The number of hydrogen-bond donors (Lipinski definition) is 0. The van der Waals surface area contributed by atoms with E-state index in [1.165, 1.54) is 9.35 Å². The topological polar surface area (TPSA) is 69.8 Å². The Morgan fingerprint density at radius 2 is 1.19 bits per heavy atom. The summed E-state index contributed by atoms with van der Waals surface area (Å²) in [6.45, 7) is 1.71. The largest absolute Gasteiger partial charge is 0.281 e. The standard InChI is InChI=1S/C25H18N4O2/c1-17-26-21-13-7-5-11-19(21)24(30)28(17)29-23(16-15-18-9-3-2-4-10-18)27-22-14-8-6-12-20(22)25(29)31/h2-16H,1H3/b16-15+. The second-order valence-corrected chi connectivity index (χ2v) is 7.14. The van der Waals surface area contributed by atoms with Gasteiger partial charge in [0.15, 0.2) is 5.82 Å². The number of para-hydroxylation sites is 2. The van der Waals surface area contributed by atoms with Gasteiger partial charge in [0.1, 0.15) is 5.82 Å². The molecule has 0 saturated carbocycles. The highest BCUT2D eigenvalue weighted by Gasteiger charge is 2.16. The van der Waals surface area contributed by atoms with Crippen LogP contribution in [0, 0.1) is 6.92 Å². The van der Waals surface area contributed by atoms with Gasteiger partial charge in [0.2, 0.25) is 0 Å². The van der Waals surface area contributed by atoms with Crippen molar-refractivity contribution in [3.63, 3.8) is 0 Å². The van der Waals surface area contributed by atoms with Crippen molar-refractivity contribution in [1.82, 2.24) is 19.3 Å². The summed E-state index contributed by atoms with van der Waals surface area (Å²) >= 11 is 0. The number of nitrogens with zero attached hydrogens (tertiary/aromatic N) is 4. The van der Waals surface area contributed by atoms with Gasteiger partial charge in [-0.3, -0.25) is 9.59 Å². The average Bonchev–Trinajstić information content (AvgIpc) is 2.80. The summed E-state index contributed by atoms with van der Waals surface area (Å²) in [5.41, 5.74) is 1.45. The maximum absolute atomic E-state index is 13.5. The van der Waals surface area contributed by atoms with Crippen LogP contribution in [0.1, 0.15) is 17.2 Å². The third kappa shape index (κ3) is 3.24. The van der Waals surface area contributed by atoms with Gasteiger partial charge in [0.05, 0.1) is 21.8 Å². The van der Waals surface area contributed by atoms with Crippen molar-refractivity contribution in [3.8, 4) is 0 Å². The Labute approximate surface area is 177 Å². The minimum absolute atomic E-state index is 0.323. The first-order chi connectivity index (χ1) is 15.1. The molecule has 0 aliphatic heterocycles. The van der Waals surface area contributed by atoms with Crippen LogP contribution in [-0.4, -0.2) is 19.3 Å². The van der Waals surface area contributed by atoms with Gasteiger partial charge in [-0.05, 0) is 42.8 Å². The van der Waals surface area contributed by atoms with Crippen LogP contribution in [0.2, 0.25) is 0 Å². The number of fused-ring (bicyclic) bond motifs is 2. The van der Waals surface area contributed by atoms with E-state index in [-0.39, 0.29) is 11.1 Å². The van der Waals surface area contributed by atoms with E-state index in [4.69, 9.17) is 0 Å². The van der Waals surface area contributed by atoms with E-state index in [1.54, 1.807) is 49.4 Å². The minimum Gasteiger partial charge on any atom is -0.267 e. The van der Waals surface area contributed by atoms with E-state index >= 15 is 0 Å². The quantitative estimate of drug-likeness (QED) is 0.456. The lowest BCUT2D eigenvalue weighted by Gasteiger charge is -2.16. The first-order valence-corrected chi connectivity index (χ1v) is 9.87. The van der Waals surface area contributed by atoms with Crippen LogP contribution in [-0.2, 0) is 0 Å². The fourth-order valence-corrected chi connectivity index (χ4v) is 3.65. The number of benzene rings is 3. The molecule has 0 radical (unpaired) electrons. The summed E-state index contributed by atoms with van der Waals surface area (Å²) in [5, 5.41) is 0.866. The van der Waals surface area contributed by atoms with E-state index < -0.39 is 0 Å². The summed E-state index contributed by atoms with van der Waals surface area (Å²) in [4.78, 5) is 36.1. The van der Waals surface area contributed by atoms with Crippen molar-refractivity contribution in [2.75, 3.05) is 0 Å². The molecule has 0 unspecified atom stereocenters. The van der Waals surface area contributed by atoms with Crippen molar-refractivity contribution >= 4 is 34.0 Å². The average molecular weight is 406 g/mol. The molecule has 31 heavy (non-hydrogen) atoms. The molecular weight excluding hydrogens is 388 g/mol. The number of rotatable bonds is 3. The molecule has 0 aliphatic carbocycles. The molecule has 6 nitrogen and oxygen atoms in total. The van der Waals surface area contributed by atoms with E-state index in [2.05, 4.69) is 9.97 Å². The van der Waals surface area contributed by atoms with Crippen LogP contribution in [0.3, 0.4) is 0 Å². The Balaban J connectivity index is 1.86. The van der Waals surface area contributed by atoms with Crippen LogP contribution < -0.4 is 11.1 Å². The Kier molecular flexibility index (Phi) is 4.52. The second kappa shape index (κ2) is 7.50. The molecule has 0 fully saturated rings. The summed E-state index contributed by atoms with van der Waals surface area (Å²) < 4.78 is 2.60. The lowest BCUT2D eigenvalue weighted by molar-refractivity contribution is 0.566. The first-order valence-electron chi connectivity index (χ1n) is 9.87. The normalized spacial score (nSPS) is 11.5. The van der Waals surface area contributed by atoms with Gasteiger partial charge < -0.3 is 0 Å². The molecule has 6 heteroatoms. The number of aryl methyl sites for hydroxylation is 1. The van der Waals surface area contributed by atoms with Crippen LogP contribution in [0.5, 0.6) is 0 Å². The number of aromatic nitrogens is 4. The Bertz CT molecular complexity index is 1580. The SMILES string of the molecule is Cc1nc2ccccc2c(=O)n1-n1c(/C=C/c2ccccc2)nc2ccccc2c1=O. The molecule has 0 N–H and O–H groups in total. The van der Waals surface area contributed by atoms with E-state index in [9.17, 15) is 9.59 Å². The van der Waals surface area contributed by atoms with Gasteiger partial charge in [-0.2, -0.15) is 9.35 Å². The van der Waals surface area contributed by atoms with Crippen LogP contribution in [0.15, 0.2) is 88.5 Å². The highest BCUT2D eigenvalue weighted by atomic mass is 16.2. The molecule has 0 atom stereocenters. The summed E-state index contributed by atoms with van der Waals surface area (Å²) in [7, 11) is 0. The number of hydrogen-bond acceptors (Lipinski definition) is 4. The highest BCUT2D eigenvalue weighted by molar-refractivity contribution is 5.80. The Morgan fingerprint density at radius 3 is 1.87 bits per heavy atom. The van der Waals surface area contributed by atoms with E-state index in [0.717, 1.165) is 5.56 Å². The summed E-state index contributed by atoms with van der Waals surface area (Å²) in [5.74, 6) is 0.743. The van der Waals surface area contributed by atoms with Crippen molar-refractivity contribution in [3.05, 3.63) is 117 Å². The van der Waals surface area contributed by atoms with Crippen molar-refractivity contribution in [1.29, 1.82) is 0 Å². The molecule has 150 valence electrons. The van der Waals surface area contributed by atoms with E-state index in [0.29, 0.717) is 33.5 Å². The van der Waals surface area contributed by atoms with Gasteiger partial charge in [0, 0.05) is 0 Å². The fraction of sp³-hybridized carbons (Fsp3) is 0.0400. The molecule has 2 heterocycles. The zero-order valence-electron chi connectivity index (χ0n) is 16.8. The van der Waals surface area contributed by atoms with Gasteiger partial charge in [-0.1, -0.05) is 60.7 Å². The lowest BCUT2D eigenvalue weighted by atomic mass is 10.2. The third-order valence-corrected chi connectivity index (χ3v) is 5.12. The minimum atomic E-state index is -0.333. The molecule has 2 aromatic heterocycles. The van der Waals surface area contributed by atoms with Crippen molar-refractivity contribution < 1.29 is 0 Å². The van der Waals surface area contributed by atoms with Crippen molar-refractivity contribution in [2.24, 2.45) is 0 Å². The monoisotopic (exact) mass is 406 g/mol. The molecule has 0 amide bonds. The highest BCUT2D eigenvalue weighted by Crippen LogP contribution is 2.13. The molecule has 0 bridgehead atoms. The molecule has 0 saturated heterocycles. The Morgan fingerprint density at radius 1 is 0.645 bits per heavy atom. The third-order valence-electron chi connectivity index (χ3n) is 5.12. The predicted octanol–water partition coefficient (Wildman–Crippen LogP) is 3.90. The zero-order chi connectivity index (χ0) is 21.4. The molecule has 5 rings (SSSR count).